The number of nitrogens with two attached hydrogens (primary N) is 1. The molecule has 5 nitrogen and oxygen atoms in total. The molecule has 2 heterocycles. The maximum atomic E-state index is 12.0. The zero-order valence-corrected chi connectivity index (χ0v) is 11.8. The summed E-state index contributed by atoms with van der Waals surface area (Å²) >= 11 is 1.31. The molecule has 0 saturated heterocycles. The average Bonchev–Trinajstić information content (AvgIpc) is 2.72. The Labute approximate surface area is 115 Å². The van der Waals surface area contributed by atoms with Gasteiger partial charge < -0.3 is 15.8 Å². The van der Waals surface area contributed by atoms with Gasteiger partial charge in [0.2, 0.25) is 0 Å². The predicted octanol–water partition coefficient (Wildman–Crippen LogP) is 2.03. The molecule has 1 amide bonds. The third-order valence-corrected chi connectivity index (χ3v) is 3.68. The van der Waals surface area contributed by atoms with Gasteiger partial charge in [0.1, 0.15) is 9.71 Å². The minimum absolute atomic E-state index is 0.162. The van der Waals surface area contributed by atoms with Crippen molar-refractivity contribution in [3.63, 3.8) is 0 Å². The van der Waals surface area contributed by atoms with Gasteiger partial charge in [-0.2, -0.15) is 0 Å². The summed E-state index contributed by atoms with van der Waals surface area (Å²) in [5.41, 5.74) is 6.47. The van der Waals surface area contributed by atoms with Crippen molar-refractivity contribution in [2.45, 2.75) is 20.0 Å². The SMILES string of the molecule is CC(C)OCCNC(=O)c1sc2ncccc2c1N. The number of nitrogens with one attached hydrogen (secondary N) is 1. The van der Waals surface area contributed by atoms with Crippen molar-refractivity contribution in [2.24, 2.45) is 0 Å². The largest absolute Gasteiger partial charge is 0.397 e. The number of rotatable bonds is 5. The van der Waals surface area contributed by atoms with Crippen LogP contribution in [-0.2, 0) is 4.74 Å². The van der Waals surface area contributed by atoms with Gasteiger partial charge in [0.25, 0.3) is 5.91 Å². The lowest BCUT2D eigenvalue weighted by Gasteiger charge is -2.08. The van der Waals surface area contributed by atoms with Gasteiger partial charge >= 0.3 is 0 Å². The van der Waals surface area contributed by atoms with E-state index in [0.717, 1.165) is 10.2 Å². The van der Waals surface area contributed by atoms with Crippen LogP contribution >= 0.6 is 11.3 Å². The molecule has 19 heavy (non-hydrogen) atoms. The Hall–Kier alpha value is -1.66. The molecule has 0 radical (unpaired) electrons. The van der Waals surface area contributed by atoms with Crippen molar-refractivity contribution in [2.75, 3.05) is 18.9 Å². The number of anilines is 1. The van der Waals surface area contributed by atoms with Crippen LogP contribution in [0.3, 0.4) is 0 Å². The summed E-state index contributed by atoms with van der Waals surface area (Å²) in [6.07, 6.45) is 1.85. The van der Waals surface area contributed by atoms with Gasteiger partial charge in [-0.3, -0.25) is 4.79 Å². The van der Waals surface area contributed by atoms with Crippen LogP contribution in [0.1, 0.15) is 23.5 Å². The summed E-state index contributed by atoms with van der Waals surface area (Å²) in [6, 6.07) is 3.68. The van der Waals surface area contributed by atoms with Gasteiger partial charge in [0, 0.05) is 18.1 Å². The Morgan fingerprint density at radius 3 is 3.05 bits per heavy atom. The molecule has 0 aromatic carbocycles. The lowest BCUT2D eigenvalue weighted by Crippen LogP contribution is -2.27. The van der Waals surface area contributed by atoms with E-state index in [1.807, 2.05) is 26.0 Å². The number of hydrogen-bond acceptors (Lipinski definition) is 5. The molecule has 0 aliphatic heterocycles. The number of fused-ring (bicyclic) bond motifs is 1. The second kappa shape index (κ2) is 5.99. The van der Waals surface area contributed by atoms with Crippen LogP contribution in [0.5, 0.6) is 0 Å². The summed E-state index contributed by atoms with van der Waals surface area (Å²) in [5.74, 6) is -0.173. The predicted molar refractivity (Wildman–Crippen MR) is 77.5 cm³/mol. The topological polar surface area (TPSA) is 77.2 Å². The summed E-state index contributed by atoms with van der Waals surface area (Å²) in [6.45, 7) is 4.87. The van der Waals surface area contributed by atoms with Crippen molar-refractivity contribution in [1.29, 1.82) is 0 Å². The molecular weight excluding hydrogens is 262 g/mol. The van der Waals surface area contributed by atoms with Gasteiger partial charge in [0.15, 0.2) is 0 Å². The highest BCUT2D eigenvalue weighted by Gasteiger charge is 2.16. The third-order valence-electron chi connectivity index (χ3n) is 2.55. The van der Waals surface area contributed by atoms with Crippen LogP contribution in [0.2, 0.25) is 0 Å². The maximum absolute atomic E-state index is 12.0. The smallest absolute Gasteiger partial charge is 0.263 e. The van der Waals surface area contributed by atoms with Crippen LogP contribution in [0.25, 0.3) is 10.2 Å². The van der Waals surface area contributed by atoms with Crippen molar-refractivity contribution < 1.29 is 9.53 Å². The number of nitrogens with zero attached hydrogens (tertiary/aromatic N) is 1. The molecule has 0 saturated carbocycles. The second-order valence-corrected chi connectivity index (χ2v) is 5.38. The first-order valence-electron chi connectivity index (χ1n) is 6.12. The van der Waals surface area contributed by atoms with Gasteiger partial charge in [-0.15, -0.1) is 11.3 Å². The first-order valence-corrected chi connectivity index (χ1v) is 6.94. The summed E-state index contributed by atoms with van der Waals surface area (Å²) < 4.78 is 5.36. The highest BCUT2D eigenvalue weighted by molar-refractivity contribution is 7.21. The molecule has 0 unspecified atom stereocenters. The van der Waals surface area contributed by atoms with E-state index < -0.39 is 0 Å². The molecular formula is C13H17N3O2S. The fraction of sp³-hybridized carbons (Fsp3) is 0.385. The van der Waals surface area contributed by atoms with Crippen molar-refractivity contribution >= 4 is 33.1 Å². The average molecular weight is 279 g/mol. The number of carbonyl (C=O) groups excluding carboxylic acids is 1. The first kappa shape index (κ1) is 13.8. The minimum atomic E-state index is -0.173. The molecule has 0 aliphatic rings. The maximum Gasteiger partial charge on any atom is 0.263 e. The Morgan fingerprint density at radius 1 is 1.58 bits per heavy atom. The van der Waals surface area contributed by atoms with Crippen LogP contribution in [-0.4, -0.2) is 30.1 Å². The molecule has 102 valence electrons. The highest BCUT2D eigenvalue weighted by atomic mass is 32.1. The number of ether oxygens (including phenoxy) is 1. The van der Waals surface area contributed by atoms with E-state index in [2.05, 4.69) is 10.3 Å². The van der Waals surface area contributed by atoms with Gasteiger partial charge in [-0.1, -0.05) is 0 Å². The monoisotopic (exact) mass is 279 g/mol. The van der Waals surface area contributed by atoms with E-state index in [-0.39, 0.29) is 12.0 Å². The van der Waals surface area contributed by atoms with Crippen LogP contribution in [0, 0.1) is 0 Å². The van der Waals surface area contributed by atoms with Crippen molar-refractivity contribution in [3.8, 4) is 0 Å². The fourth-order valence-electron chi connectivity index (χ4n) is 1.66. The Bertz CT molecular complexity index is 580. The lowest BCUT2D eigenvalue weighted by atomic mass is 10.2. The van der Waals surface area contributed by atoms with E-state index in [9.17, 15) is 4.79 Å². The Kier molecular flexibility index (Phi) is 4.34. The second-order valence-electron chi connectivity index (χ2n) is 4.38. The molecule has 3 N–H and O–H groups in total. The van der Waals surface area contributed by atoms with Crippen molar-refractivity contribution in [1.82, 2.24) is 10.3 Å². The van der Waals surface area contributed by atoms with E-state index in [0.29, 0.717) is 23.7 Å². The first-order chi connectivity index (χ1) is 9.09. The number of carbonyl (C=O) groups is 1. The summed E-state index contributed by atoms with van der Waals surface area (Å²) in [4.78, 5) is 17.5. The van der Waals surface area contributed by atoms with Gasteiger partial charge in [0.05, 0.1) is 18.4 Å². The quantitative estimate of drug-likeness (QED) is 0.821. The molecule has 0 fully saturated rings. The van der Waals surface area contributed by atoms with Crippen LogP contribution in [0.15, 0.2) is 18.3 Å². The summed E-state index contributed by atoms with van der Waals surface area (Å²) in [7, 11) is 0. The van der Waals surface area contributed by atoms with Crippen LogP contribution < -0.4 is 11.1 Å². The minimum Gasteiger partial charge on any atom is -0.397 e. The molecule has 6 heteroatoms. The summed E-state index contributed by atoms with van der Waals surface area (Å²) in [5, 5.41) is 3.62. The standard InChI is InChI=1S/C13H17N3O2S/c1-8(2)18-7-6-15-12(17)11-10(14)9-4-3-5-16-13(9)19-11/h3-5,8H,6-7,14H2,1-2H3,(H,15,17). The zero-order chi connectivity index (χ0) is 13.8. The van der Waals surface area contributed by atoms with Gasteiger partial charge in [-0.05, 0) is 26.0 Å². The van der Waals surface area contributed by atoms with Crippen LogP contribution in [0.4, 0.5) is 5.69 Å². The van der Waals surface area contributed by atoms with E-state index in [1.165, 1.54) is 11.3 Å². The molecule has 2 aromatic rings. The Morgan fingerprint density at radius 2 is 2.37 bits per heavy atom. The highest BCUT2D eigenvalue weighted by Crippen LogP contribution is 2.31. The molecule has 0 atom stereocenters. The molecule has 0 bridgehead atoms. The molecule has 2 aromatic heterocycles. The zero-order valence-electron chi connectivity index (χ0n) is 11.0. The normalized spacial score (nSPS) is 11.1. The van der Waals surface area contributed by atoms with Crippen molar-refractivity contribution in [3.05, 3.63) is 23.2 Å². The number of hydrogen-bond donors (Lipinski definition) is 2. The van der Waals surface area contributed by atoms with E-state index >= 15 is 0 Å². The number of pyridine rings is 1. The molecule has 0 aliphatic carbocycles. The molecule has 2 rings (SSSR count). The molecule has 0 spiro atoms. The lowest BCUT2D eigenvalue weighted by molar-refractivity contribution is 0.0748. The number of thiophene rings is 1. The number of amides is 1. The Balaban J connectivity index is 2.03. The van der Waals surface area contributed by atoms with Gasteiger partial charge in [-0.25, -0.2) is 4.98 Å². The number of nitrogen functional groups attached to an aromatic ring is 1. The van der Waals surface area contributed by atoms with E-state index in [1.54, 1.807) is 6.20 Å². The third kappa shape index (κ3) is 3.21. The van der Waals surface area contributed by atoms with E-state index in [4.69, 9.17) is 10.5 Å². The number of aromatic nitrogens is 1. The fourth-order valence-corrected chi connectivity index (χ4v) is 2.64.